The standard InChI is InChI=1S/C17H21FO2/c1-4-6-14-15(7-5-2)17(3,20-16(14)19)12-8-10-13(18)11-9-12/h8-11H,4-7H2,1-3H3. The first-order valence-corrected chi connectivity index (χ1v) is 7.24. The Balaban J connectivity index is 2.48. The van der Waals surface area contributed by atoms with E-state index in [-0.39, 0.29) is 11.8 Å². The predicted octanol–water partition coefficient (Wildman–Crippen LogP) is 4.49. The molecule has 1 aromatic rings. The zero-order valence-corrected chi connectivity index (χ0v) is 12.3. The van der Waals surface area contributed by atoms with Gasteiger partial charge in [0.15, 0.2) is 5.60 Å². The van der Waals surface area contributed by atoms with Crippen LogP contribution < -0.4 is 0 Å². The van der Waals surface area contributed by atoms with Crippen molar-refractivity contribution < 1.29 is 13.9 Å². The van der Waals surface area contributed by atoms with Crippen LogP contribution in [0.15, 0.2) is 35.4 Å². The number of ether oxygens (including phenoxy) is 1. The van der Waals surface area contributed by atoms with Gasteiger partial charge in [0.2, 0.25) is 0 Å². The molecule has 3 heteroatoms. The van der Waals surface area contributed by atoms with Crippen molar-refractivity contribution in [3.63, 3.8) is 0 Å². The molecule has 1 aliphatic heterocycles. The molecule has 0 fully saturated rings. The van der Waals surface area contributed by atoms with Gasteiger partial charge in [0.1, 0.15) is 5.82 Å². The van der Waals surface area contributed by atoms with E-state index in [9.17, 15) is 9.18 Å². The molecule has 20 heavy (non-hydrogen) atoms. The molecular formula is C17H21FO2. The first kappa shape index (κ1) is 14.8. The largest absolute Gasteiger partial charge is 0.446 e. The summed E-state index contributed by atoms with van der Waals surface area (Å²) >= 11 is 0. The summed E-state index contributed by atoms with van der Waals surface area (Å²) in [6, 6.07) is 6.23. The number of carbonyl (C=O) groups excluding carboxylic acids is 1. The monoisotopic (exact) mass is 276 g/mol. The van der Waals surface area contributed by atoms with Gasteiger partial charge in [0.05, 0.1) is 0 Å². The highest BCUT2D eigenvalue weighted by Gasteiger charge is 2.43. The highest BCUT2D eigenvalue weighted by Crippen LogP contribution is 2.44. The molecule has 0 aromatic heterocycles. The highest BCUT2D eigenvalue weighted by molar-refractivity contribution is 5.93. The molecule has 0 saturated carbocycles. The zero-order valence-electron chi connectivity index (χ0n) is 12.3. The van der Waals surface area contributed by atoms with Gasteiger partial charge in [-0.3, -0.25) is 0 Å². The Bertz CT molecular complexity index is 530. The molecule has 1 atom stereocenters. The van der Waals surface area contributed by atoms with Gasteiger partial charge < -0.3 is 4.74 Å². The van der Waals surface area contributed by atoms with Crippen molar-refractivity contribution in [3.8, 4) is 0 Å². The van der Waals surface area contributed by atoms with Crippen LogP contribution in [0.4, 0.5) is 4.39 Å². The van der Waals surface area contributed by atoms with E-state index in [1.165, 1.54) is 12.1 Å². The van der Waals surface area contributed by atoms with E-state index in [0.717, 1.165) is 42.4 Å². The molecule has 0 N–H and O–H groups in total. The third-order valence-corrected chi connectivity index (χ3v) is 3.88. The Morgan fingerprint density at radius 1 is 1.10 bits per heavy atom. The fraction of sp³-hybridized carbons (Fsp3) is 0.471. The molecule has 0 spiro atoms. The van der Waals surface area contributed by atoms with E-state index in [2.05, 4.69) is 13.8 Å². The maximum absolute atomic E-state index is 13.1. The Hall–Kier alpha value is -1.64. The Morgan fingerprint density at radius 3 is 2.25 bits per heavy atom. The first-order chi connectivity index (χ1) is 9.52. The van der Waals surface area contributed by atoms with Gasteiger partial charge in [0, 0.05) is 5.57 Å². The van der Waals surface area contributed by atoms with Crippen LogP contribution in [0.3, 0.4) is 0 Å². The van der Waals surface area contributed by atoms with Crippen LogP contribution in [0.25, 0.3) is 0 Å². The minimum Gasteiger partial charge on any atom is -0.446 e. The predicted molar refractivity (Wildman–Crippen MR) is 76.7 cm³/mol. The number of esters is 1. The van der Waals surface area contributed by atoms with Gasteiger partial charge in [0.25, 0.3) is 0 Å². The number of hydrogen-bond acceptors (Lipinski definition) is 2. The van der Waals surface area contributed by atoms with Crippen molar-refractivity contribution in [3.05, 3.63) is 46.8 Å². The van der Waals surface area contributed by atoms with Gasteiger partial charge >= 0.3 is 5.97 Å². The molecular weight excluding hydrogens is 255 g/mol. The molecule has 1 heterocycles. The minimum atomic E-state index is -0.745. The van der Waals surface area contributed by atoms with Crippen molar-refractivity contribution in [2.45, 2.75) is 52.1 Å². The molecule has 0 saturated heterocycles. The van der Waals surface area contributed by atoms with Crippen LogP contribution in [0.5, 0.6) is 0 Å². The van der Waals surface area contributed by atoms with Crippen LogP contribution in [0.2, 0.25) is 0 Å². The highest BCUT2D eigenvalue weighted by atomic mass is 19.1. The Kier molecular flexibility index (Phi) is 4.26. The topological polar surface area (TPSA) is 26.3 Å². The molecule has 0 amide bonds. The van der Waals surface area contributed by atoms with Crippen LogP contribution in [-0.2, 0) is 15.1 Å². The van der Waals surface area contributed by atoms with E-state index >= 15 is 0 Å². The van der Waals surface area contributed by atoms with E-state index in [0.29, 0.717) is 0 Å². The smallest absolute Gasteiger partial charge is 0.335 e. The summed E-state index contributed by atoms with van der Waals surface area (Å²) in [5.41, 5.74) is 1.95. The van der Waals surface area contributed by atoms with Crippen molar-refractivity contribution in [1.82, 2.24) is 0 Å². The number of hydrogen-bond donors (Lipinski definition) is 0. The lowest BCUT2D eigenvalue weighted by atomic mass is 9.83. The summed E-state index contributed by atoms with van der Waals surface area (Å²) in [4.78, 5) is 12.2. The molecule has 2 nitrogen and oxygen atoms in total. The fourth-order valence-corrected chi connectivity index (χ4v) is 2.86. The molecule has 1 aromatic carbocycles. The number of benzene rings is 1. The molecule has 1 unspecified atom stereocenters. The average molecular weight is 276 g/mol. The third-order valence-electron chi connectivity index (χ3n) is 3.88. The van der Waals surface area contributed by atoms with E-state index < -0.39 is 5.60 Å². The lowest BCUT2D eigenvalue weighted by molar-refractivity contribution is -0.146. The van der Waals surface area contributed by atoms with Crippen LogP contribution >= 0.6 is 0 Å². The summed E-state index contributed by atoms with van der Waals surface area (Å²) in [6.45, 7) is 6.05. The SMILES string of the molecule is CCCC1=C(CCC)C(C)(c2ccc(F)cc2)OC1=O. The molecule has 0 radical (unpaired) electrons. The van der Waals surface area contributed by atoms with Gasteiger partial charge in [-0.25, -0.2) is 9.18 Å². The first-order valence-electron chi connectivity index (χ1n) is 7.24. The molecule has 0 aliphatic carbocycles. The number of carbonyl (C=O) groups is 1. The fourth-order valence-electron chi connectivity index (χ4n) is 2.86. The third kappa shape index (κ3) is 2.49. The normalized spacial score (nSPS) is 22.3. The van der Waals surface area contributed by atoms with Crippen molar-refractivity contribution in [2.75, 3.05) is 0 Å². The average Bonchev–Trinajstić information content (AvgIpc) is 2.65. The summed E-state index contributed by atoms with van der Waals surface area (Å²) < 4.78 is 18.8. The Labute approximate surface area is 119 Å². The molecule has 2 rings (SSSR count). The summed E-state index contributed by atoms with van der Waals surface area (Å²) in [5.74, 6) is -0.501. The van der Waals surface area contributed by atoms with E-state index in [1.807, 2.05) is 6.92 Å². The second-order valence-electron chi connectivity index (χ2n) is 5.39. The molecule has 1 aliphatic rings. The van der Waals surface area contributed by atoms with Crippen molar-refractivity contribution in [2.24, 2.45) is 0 Å². The van der Waals surface area contributed by atoms with Gasteiger partial charge in [-0.2, -0.15) is 0 Å². The molecule has 108 valence electrons. The Morgan fingerprint density at radius 2 is 1.70 bits per heavy atom. The number of halogens is 1. The number of cyclic esters (lactones) is 1. The van der Waals surface area contributed by atoms with Crippen molar-refractivity contribution >= 4 is 5.97 Å². The second kappa shape index (κ2) is 5.78. The number of rotatable bonds is 5. The van der Waals surface area contributed by atoms with Crippen LogP contribution in [0.1, 0.15) is 52.0 Å². The van der Waals surface area contributed by atoms with E-state index in [4.69, 9.17) is 4.74 Å². The second-order valence-corrected chi connectivity index (χ2v) is 5.39. The van der Waals surface area contributed by atoms with Crippen molar-refractivity contribution in [1.29, 1.82) is 0 Å². The van der Waals surface area contributed by atoms with Crippen LogP contribution in [-0.4, -0.2) is 5.97 Å². The molecule has 0 bridgehead atoms. The summed E-state index contributed by atoms with van der Waals surface area (Å²) in [6.07, 6.45) is 3.44. The minimum absolute atomic E-state index is 0.220. The quantitative estimate of drug-likeness (QED) is 0.740. The maximum Gasteiger partial charge on any atom is 0.335 e. The van der Waals surface area contributed by atoms with Gasteiger partial charge in [-0.05, 0) is 43.0 Å². The maximum atomic E-state index is 13.1. The lowest BCUT2D eigenvalue weighted by Crippen LogP contribution is -2.25. The lowest BCUT2D eigenvalue weighted by Gasteiger charge is -2.27. The summed E-state index contributed by atoms with van der Waals surface area (Å²) in [5, 5.41) is 0. The van der Waals surface area contributed by atoms with E-state index in [1.54, 1.807) is 12.1 Å². The van der Waals surface area contributed by atoms with Crippen LogP contribution in [0, 0.1) is 5.82 Å². The zero-order chi connectivity index (χ0) is 14.8. The van der Waals surface area contributed by atoms with Gasteiger partial charge in [-0.15, -0.1) is 0 Å². The summed E-state index contributed by atoms with van der Waals surface area (Å²) in [7, 11) is 0. The van der Waals surface area contributed by atoms with Gasteiger partial charge in [-0.1, -0.05) is 38.8 Å².